The number of likely N-dealkylation sites (tertiary alicyclic amines) is 1. The summed E-state index contributed by atoms with van der Waals surface area (Å²) in [6.07, 6.45) is 2.43. The molecule has 0 saturated carbocycles. The van der Waals surface area contributed by atoms with Crippen LogP contribution >= 0.6 is 23.2 Å². The maximum absolute atomic E-state index is 6.09. The smallest absolute Gasteiger partial charge is 0.156 e. The highest BCUT2D eigenvalue weighted by atomic mass is 35.5. The van der Waals surface area contributed by atoms with E-state index in [1.807, 2.05) is 6.07 Å². The first-order valence-electron chi connectivity index (χ1n) is 7.12. The summed E-state index contributed by atoms with van der Waals surface area (Å²) in [5, 5.41) is 1.12. The number of hydrogen-bond donors (Lipinski definition) is 1. The van der Waals surface area contributed by atoms with Crippen LogP contribution in [0.2, 0.25) is 10.0 Å². The molecule has 2 atom stereocenters. The van der Waals surface area contributed by atoms with E-state index in [4.69, 9.17) is 33.7 Å². The molecule has 20 heavy (non-hydrogen) atoms. The summed E-state index contributed by atoms with van der Waals surface area (Å²) in [6.45, 7) is 5.54. The van der Waals surface area contributed by atoms with Crippen LogP contribution in [0.4, 0.5) is 0 Å². The lowest BCUT2D eigenvalue weighted by molar-refractivity contribution is 0.102. The standard InChI is InChI=1S/C15H22Cl2N2O/c1-11-5-6-12(9-18)10-19(11)7-8-20-15-13(16)3-2-4-14(15)17/h2-4,11-12H,5-10,18H2,1H3. The monoisotopic (exact) mass is 316 g/mol. The van der Waals surface area contributed by atoms with Gasteiger partial charge in [-0.15, -0.1) is 0 Å². The molecule has 112 valence electrons. The van der Waals surface area contributed by atoms with Gasteiger partial charge in [-0.25, -0.2) is 0 Å². The molecule has 0 amide bonds. The lowest BCUT2D eigenvalue weighted by Crippen LogP contribution is -2.45. The third kappa shape index (κ3) is 4.01. The van der Waals surface area contributed by atoms with E-state index in [1.165, 1.54) is 12.8 Å². The Labute approximate surface area is 131 Å². The zero-order valence-electron chi connectivity index (χ0n) is 11.8. The molecule has 2 N–H and O–H groups in total. The molecule has 0 radical (unpaired) electrons. The topological polar surface area (TPSA) is 38.5 Å². The third-order valence-electron chi connectivity index (χ3n) is 3.99. The highest BCUT2D eigenvalue weighted by Gasteiger charge is 2.24. The Balaban J connectivity index is 1.86. The molecule has 5 heteroatoms. The molecule has 0 aliphatic carbocycles. The van der Waals surface area contributed by atoms with Crippen molar-refractivity contribution < 1.29 is 4.74 Å². The van der Waals surface area contributed by atoms with E-state index in [0.717, 1.165) is 19.6 Å². The van der Waals surface area contributed by atoms with Crippen LogP contribution in [0.15, 0.2) is 18.2 Å². The molecule has 0 spiro atoms. The minimum absolute atomic E-state index is 0.559. The molecule has 1 aliphatic heterocycles. The van der Waals surface area contributed by atoms with Gasteiger partial charge in [-0.05, 0) is 44.4 Å². The van der Waals surface area contributed by atoms with Gasteiger partial charge in [0.05, 0.1) is 10.0 Å². The van der Waals surface area contributed by atoms with Crippen molar-refractivity contribution >= 4 is 23.2 Å². The molecule has 1 aliphatic rings. The molecule has 0 aromatic heterocycles. The van der Waals surface area contributed by atoms with E-state index in [0.29, 0.717) is 34.4 Å². The average Bonchev–Trinajstić information content (AvgIpc) is 2.44. The summed E-state index contributed by atoms with van der Waals surface area (Å²) < 4.78 is 5.75. The predicted octanol–water partition coefficient (Wildman–Crippen LogP) is 3.43. The van der Waals surface area contributed by atoms with Gasteiger partial charge in [-0.1, -0.05) is 29.3 Å². The van der Waals surface area contributed by atoms with Crippen molar-refractivity contribution in [1.29, 1.82) is 0 Å². The van der Waals surface area contributed by atoms with E-state index in [2.05, 4.69) is 11.8 Å². The zero-order chi connectivity index (χ0) is 14.5. The van der Waals surface area contributed by atoms with Gasteiger partial charge in [0.25, 0.3) is 0 Å². The van der Waals surface area contributed by atoms with E-state index in [-0.39, 0.29) is 0 Å². The summed E-state index contributed by atoms with van der Waals surface area (Å²) in [7, 11) is 0. The summed E-state index contributed by atoms with van der Waals surface area (Å²) in [5.74, 6) is 1.19. The minimum Gasteiger partial charge on any atom is -0.489 e. The highest BCUT2D eigenvalue weighted by molar-refractivity contribution is 6.37. The van der Waals surface area contributed by atoms with Crippen LogP contribution in [0, 0.1) is 5.92 Å². The molecule has 1 saturated heterocycles. The number of piperidine rings is 1. The van der Waals surface area contributed by atoms with Crippen molar-refractivity contribution in [3.05, 3.63) is 28.2 Å². The first-order chi connectivity index (χ1) is 9.61. The SMILES string of the molecule is CC1CCC(CN)CN1CCOc1c(Cl)cccc1Cl. The van der Waals surface area contributed by atoms with Crippen LogP contribution in [-0.4, -0.2) is 37.2 Å². The highest BCUT2D eigenvalue weighted by Crippen LogP contribution is 2.32. The van der Waals surface area contributed by atoms with Gasteiger partial charge in [0, 0.05) is 19.1 Å². The molecular formula is C15H22Cl2N2O. The van der Waals surface area contributed by atoms with E-state index >= 15 is 0 Å². The first kappa shape index (κ1) is 15.9. The van der Waals surface area contributed by atoms with Crippen molar-refractivity contribution in [3.8, 4) is 5.75 Å². The molecular weight excluding hydrogens is 295 g/mol. The van der Waals surface area contributed by atoms with Crippen LogP contribution in [-0.2, 0) is 0 Å². The van der Waals surface area contributed by atoms with Gasteiger partial charge in [0.2, 0.25) is 0 Å². The Kier molecular flexibility index (Phi) is 5.97. The van der Waals surface area contributed by atoms with Crippen molar-refractivity contribution in [1.82, 2.24) is 4.90 Å². The molecule has 0 bridgehead atoms. The van der Waals surface area contributed by atoms with Crippen molar-refractivity contribution in [3.63, 3.8) is 0 Å². The number of rotatable bonds is 5. The van der Waals surface area contributed by atoms with Crippen LogP contribution in [0.3, 0.4) is 0 Å². The number of para-hydroxylation sites is 1. The Morgan fingerprint density at radius 2 is 2.00 bits per heavy atom. The van der Waals surface area contributed by atoms with Gasteiger partial charge < -0.3 is 10.5 Å². The fourth-order valence-corrected chi connectivity index (χ4v) is 3.16. The molecule has 1 aromatic carbocycles. The molecule has 1 heterocycles. The van der Waals surface area contributed by atoms with Crippen LogP contribution in [0.1, 0.15) is 19.8 Å². The lowest BCUT2D eigenvalue weighted by Gasteiger charge is -2.37. The Morgan fingerprint density at radius 1 is 1.30 bits per heavy atom. The predicted molar refractivity (Wildman–Crippen MR) is 84.8 cm³/mol. The lowest BCUT2D eigenvalue weighted by atomic mass is 9.94. The van der Waals surface area contributed by atoms with Gasteiger partial charge in [-0.3, -0.25) is 4.90 Å². The maximum Gasteiger partial charge on any atom is 0.156 e. The van der Waals surface area contributed by atoms with Crippen LogP contribution < -0.4 is 10.5 Å². The third-order valence-corrected chi connectivity index (χ3v) is 4.58. The molecule has 1 aromatic rings. The fraction of sp³-hybridized carbons (Fsp3) is 0.600. The number of nitrogens with zero attached hydrogens (tertiary/aromatic N) is 1. The second kappa shape index (κ2) is 7.51. The van der Waals surface area contributed by atoms with Crippen molar-refractivity contribution in [2.75, 3.05) is 26.2 Å². The van der Waals surface area contributed by atoms with Crippen LogP contribution in [0.5, 0.6) is 5.75 Å². The number of benzene rings is 1. The van der Waals surface area contributed by atoms with Gasteiger partial charge in [0.1, 0.15) is 6.61 Å². The van der Waals surface area contributed by atoms with E-state index in [1.54, 1.807) is 12.1 Å². The van der Waals surface area contributed by atoms with Gasteiger partial charge >= 0.3 is 0 Å². The number of nitrogens with two attached hydrogens (primary N) is 1. The number of hydrogen-bond acceptors (Lipinski definition) is 3. The quantitative estimate of drug-likeness (QED) is 0.904. The molecule has 2 rings (SSSR count). The number of ether oxygens (including phenoxy) is 1. The Hall–Kier alpha value is -0.480. The van der Waals surface area contributed by atoms with E-state index < -0.39 is 0 Å². The maximum atomic E-state index is 6.09. The Morgan fingerprint density at radius 3 is 2.65 bits per heavy atom. The minimum atomic E-state index is 0.559. The molecule has 3 nitrogen and oxygen atoms in total. The van der Waals surface area contributed by atoms with Gasteiger partial charge in [-0.2, -0.15) is 0 Å². The fourth-order valence-electron chi connectivity index (χ4n) is 2.65. The second-order valence-corrected chi connectivity index (χ2v) is 6.24. The second-order valence-electron chi connectivity index (χ2n) is 5.42. The van der Waals surface area contributed by atoms with Crippen molar-refractivity contribution in [2.24, 2.45) is 11.7 Å². The Bertz CT molecular complexity index is 422. The van der Waals surface area contributed by atoms with Crippen molar-refractivity contribution in [2.45, 2.75) is 25.8 Å². The zero-order valence-corrected chi connectivity index (χ0v) is 13.3. The first-order valence-corrected chi connectivity index (χ1v) is 7.88. The molecule has 1 fully saturated rings. The van der Waals surface area contributed by atoms with Crippen LogP contribution in [0.25, 0.3) is 0 Å². The summed E-state index contributed by atoms with van der Waals surface area (Å²) >= 11 is 12.2. The normalized spacial score (nSPS) is 23.8. The van der Waals surface area contributed by atoms with E-state index in [9.17, 15) is 0 Å². The van der Waals surface area contributed by atoms with Gasteiger partial charge in [0.15, 0.2) is 5.75 Å². The molecule has 2 unspecified atom stereocenters. The summed E-state index contributed by atoms with van der Waals surface area (Å²) in [5.41, 5.74) is 5.78. The average molecular weight is 317 g/mol. The summed E-state index contributed by atoms with van der Waals surface area (Å²) in [6, 6.07) is 5.98. The summed E-state index contributed by atoms with van der Waals surface area (Å²) in [4.78, 5) is 2.44. The number of halogens is 2. The largest absolute Gasteiger partial charge is 0.489 e.